The number of fused-ring (bicyclic) bond motifs is 6. The van der Waals surface area contributed by atoms with Crippen LogP contribution in [0.25, 0.3) is 88.8 Å². The summed E-state index contributed by atoms with van der Waals surface area (Å²) in [6, 6.07) is 87.8. The summed E-state index contributed by atoms with van der Waals surface area (Å²) in [4.78, 5) is 10.5. The molecular weight excluding hydrogens is 761 g/mol. The highest BCUT2D eigenvalue weighted by molar-refractivity contribution is 6.06. The summed E-state index contributed by atoms with van der Waals surface area (Å²) >= 11 is 0. The smallest absolute Gasteiger partial charge is 0.160 e. The Kier molecular flexibility index (Phi) is 8.76. The molecule has 0 radical (unpaired) electrons. The van der Waals surface area contributed by atoms with Crippen LogP contribution < -0.4 is 0 Å². The Hall–Kier alpha value is -8.20. The van der Waals surface area contributed by atoms with E-state index in [4.69, 9.17) is 9.97 Å². The van der Waals surface area contributed by atoms with Crippen LogP contribution in [0.4, 0.5) is 0 Å². The first-order valence-corrected chi connectivity index (χ1v) is 21.6. The van der Waals surface area contributed by atoms with Crippen molar-refractivity contribution >= 4 is 21.5 Å². The largest absolute Gasteiger partial charge is 0.228 e. The SMILES string of the molecule is c1ccc(-c2ccc(-c3nc(-c4ccccc4)cc(-c4ccc(-c5ccc6c(c5)C(c5ccccc5)(c5ccccc5)c5c-6ccc6ccccc56)c5ccccc45)n3)cc2)cc1. The second-order valence-electron chi connectivity index (χ2n) is 16.4. The Labute approximate surface area is 367 Å². The van der Waals surface area contributed by atoms with E-state index in [2.05, 4.69) is 231 Å². The number of rotatable bonds is 7. The molecule has 0 saturated heterocycles. The van der Waals surface area contributed by atoms with Gasteiger partial charge in [-0.25, -0.2) is 9.97 Å². The van der Waals surface area contributed by atoms with Crippen molar-refractivity contribution in [2.75, 3.05) is 0 Å². The lowest BCUT2D eigenvalue weighted by atomic mass is 9.66. The van der Waals surface area contributed by atoms with Gasteiger partial charge in [-0.15, -0.1) is 0 Å². The molecule has 0 fully saturated rings. The van der Waals surface area contributed by atoms with E-state index in [1.807, 2.05) is 12.1 Å². The third-order valence-corrected chi connectivity index (χ3v) is 13.0. The fourth-order valence-corrected chi connectivity index (χ4v) is 10.1. The highest BCUT2D eigenvalue weighted by atomic mass is 14.9. The van der Waals surface area contributed by atoms with E-state index in [-0.39, 0.29) is 0 Å². The fraction of sp³-hybridized carbons (Fsp3) is 0.0164. The Balaban J connectivity index is 1.05. The first-order chi connectivity index (χ1) is 31.2. The molecule has 0 aliphatic heterocycles. The van der Waals surface area contributed by atoms with Gasteiger partial charge in [-0.3, -0.25) is 0 Å². The molecule has 0 amide bonds. The summed E-state index contributed by atoms with van der Waals surface area (Å²) in [6.07, 6.45) is 0. The minimum absolute atomic E-state index is 0.537. The second kappa shape index (κ2) is 15.1. The molecule has 1 aliphatic rings. The molecule has 11 aromatic rings. The maximum absolute atomic E-state index is 5.32. The van der Waals surface area contributed by atoms with Gasteiger partial charge in [-0.05, 0) is 89.3 Å². The van der Waals surface area contributed by atoms with Crippen molar-refractivity contribution in [2.24, 2.45) is 0 Å². The zero-order valence-corrected chi connectivity index (χ0v) is 34.5. The lowest BCUT2D eigenvalue weighted by molar-refractivity contribution is 0.776. The van der Waals surface area contributed by atoms with Crippen molar-refractivity contribution in [3.05, 3.63) is 265 Å². The summed E-state index contributed by atoms with van der Waals surface area (Å²) in [5.41, 5.74) is 16.7. The van der Waals surface area contributed by atoms with E-state index in [1.165, 1.54) is 66.2 Å². The average Bonchev–Trinajstić information content (AvgIpc) is 3.68. The molecule has 10 aromatic carbocycles. The molecule has 2 nitrogen and oxygen atoms in total. The van der Waals surface area contributed by atoms with Gasteiger partial charge < -0.3 is 0 Å². The van der Waals surface area contributed by atoms with E-state index in [1.54, 1.807) is 0 Å². The lowest BCUT2D eigenvalue weighted by Gasteiger charge is -2.35. The molecule has 0 saturated carbocycles. The molecular formula is C61H40N2. The van der Waals surface area contributed by atoms with Crippen LogP contribution in [-0.4, -0.2) is 9.97 Å². The van der Waals surface area contributed by atoms with Gasteiger partial charge in [0, 0.05) is 16.7 Å². The van der Waals surface area contributed by atoms with E-state index < -0.39 is 5.41 Å². The van der Waals surface area contributed by atoms with Crippen molar-refractivity contribution in [2.45, 2.75) is 5.41 Å². The Bertz CT molecular complexity index is 3430. The molecule has 0 atom stereocenters. The average molecular weight is 801 g/mol. The summed E-state index contributed by atoms with van der Waals surface area (Å²) in [7, 11) is 0. The van der Waals surface area contributed by atoms with Crippen LogP contribution in [0.1, 0.15) is 22.3 Å². The van der Waals surface area contributed by atoms with Gasteiger partial charge in [0.25, 0.3) is 0 Å². The first kappa shape index (κ1) is 36.6. The predicted octanol–water partition coefficient (Wildman–Crippen LogP) is 15.5. The molecule has 0 N–H and O–H groups in total. The third-order valence-electron chi connectivity index (χ3n) is 13.0. The highest BCUT2D eigenvalue weighted by Crippen LogP contribution is 2.59. The van der Waals surface area contributed by atoms with E-state index in [0.29, 0.717) is 5.82 Å². The van der Waals surface area contributed by atoms with Crippen molar-refractivity contribution < 1.29 is 0 Å². The molecule has 63 heavy (non-hydrogen) atoms. The molecule has 0 unspecified atom stereocenters. The van der Waals surface area contributed by atoms with Crippen LogP contribution in [0.5, 0.6) is 0 Å². The van der Waals surface area contributed by atoms with Gasteiger partial charge in [0.15, 0.2) is 5.82 Å². The normalized spacial score (nSPS) is 12.6. The van der Waals surface area contributed by atoms with Gasteiger partial charge in [0.05, 0.1) is 16.8 Å². The zero-order chi connectivity index (χ0) is 41.7. The van der Waals surface area contributed by atoms with Crippen molar-refractivity contribution in [3.8, 4) is 67.3 Å². The Morgan fingerprint density at radius 2 is 0.762 bits per heavy atom. The van der Waals surface area contributed by atoms with Gasteiger partial charge in [-0.2, -0.15) is 0 Å². The Morgan fingerprint density at radius 3 is 1.44 bits per heavy atom. The topological polar surface area (TPSA) is 25.8 Å². The number of hydrogen-bond acceptors (Lipinski definition) is 2. The Morgan fingerprint density at radius 1 is 0.286 bits per heavy atom. The van der Waals surface area contributed by atoms with E-state index >= 15 is 0 Å². The molecule has 2 heteroatoms. The number of benzene rings is 10. The van der Waals surface area contributed by atoms with Crippen LogP contribution in [0.2, 0.25) is 0 Å². The minimum Gasteiger partial charge on any atom is -0.228 e. The highest BCUT2D eigenvalue weighted by Gasteiger charge is 2.47. The molecule has 0 bridgehead atoms. The molecule has 1 heterocycles. The quantitative estimate of drug-likeness (QED) is 0.160. The number of aromatic nitrogens is 2. The molecule has 294 valence electrons. The number of nitrogens with zero attached hydrogens (tertiary/aromatic N) is 2. The summed E-state index contributed by atoms with van der Waals surface area (Å²) in [6.45, 7) is 0. The van der Waals surface area contributed by atoms with Crippen LogP contribution in [0.3, 0.4) is 0 Å². The van der Waals surface area contributed by atoms with Crippen molar-refractivity contribution in [1.29, 1.82) is 0 Å². The monoisotopic (exact) mass is 800 g/mol. The predicted molar refractivity (Wildman–Crippen MR) is 262 cm³/mol. The van der Waals surface area contributed by atoms with Crippen LogP contribution >= 0.6 is 0 Å². The summed E-state index contributed by atoms with van der Waals surface area (Å²) < 4.78 is 0. The molecule has 1 aromatic heterocycles. The zero-order valence-electron chi connectivity index (χ0n) is 34.5. The van der Waals surface area contributed by atoms with Gasteiger partial charge in [0.1, 0.15) is 0 Å². The number of hydrogen-bond donors (Lipinski definition) is 0. The molecule has 1 aliphatic carbocycles. The van der Waals surface area contributed by atoms with Gasteiger partial charge in [0.2, 0.25) is 0 Å². The minimum atomic E-state index is -0.537. The molecule has 0 spiro atoms. The van der Waals surface area contributed by atoms with E-state index in [9.17, 15) is 0 Å². The lowest BCUT2D eigenvalue weighted by Crippen LogP contribution is -2.28. The summed E-state index contributed by atoms with van der Waals surface area (Å²) in [5.74, 6) is 0.697. The van der Waals surface area contributed by atoms with Gasteiger partial charge in [-0.1, -0.05) is 231 Å². The van der Waals surface area contributed by atoms with Crippen molar-refractivity contribution in [3.63, 3.8) is 0 Å². The maximum atomic E-state index is 5.32. The summed E-state index contributed by atoms with van der Waals surface area (Å²) in [5, 5.41) is 4.84. The molecule has 12 rings (SSSR count). The van der Waals surface area contributed by atoms with E-state index in [0.717, 1.165) is 39.0 Å². The van der Waals surface area contributed by atoms with Crippen LogP contribution in [0.15, 0.2) is 243 Å². The third kappa shape index (κ3) is 6.02. The maximum Gasteiger partial charge on any atom is 0.160 e. The van der Waals surface area contributed by atoms with Gasteiger partial charge >= 0.3 is 0 Å². The van der Waals surface area contributed by atoms with Crippen LogP contribution in [-0.2, 0) is 5.41 Å². The first-order valence-electron chi connectivity index (χ1n) is 21.6. The fourth-order valence-electron chi connectivity index (χ4n) is 10.1. The van der Waals surface area contributed by atoms with Crippen molar-refractivity contribution in [1.82, 2.24) is 9.97 Å². The standard InChI is InChI=1S/C61H40N2/c1-5-17-41(18-6-1)42-29-31-45(32-30-42)60-62-57(44-20-7-2-8-21-44)40-58(63-60)54-38-37-49(51-27-15-16-28-52(51)54)46-34-35-53-55-36-33-43-19-13-14-26-50(43)59(55)61(56(53)39-46,47-22-9-3-10-23-47)48-24-11-4-12-25-48/h1-40H. The van der Waals surface area contributed by atoms with Crippen LogP contribution in [0, 0.1) is 0 Å². The second-order valence-corrected chi connectivity index (χ2v) is 16.4.